The molecular formula is C30H28N4OS. The molecule has 0 unspecified atom stereocenters. The summed E-state index contributed by atoms with van der Waals surface area (Å²) in [7, 11) is 1.84. The number of nitrogens with zero attached hydrogens (tertiary/aromatic N) is 4. The second kappa shape index (κ2) is 10.8. The van der Waals surface area contributed by atoms with Gasteiger partial charge in [-0.2, -0.15) is 0 Å². The molecule has 6 heteroatoms. The van der Waals surface area contributed by atoms with Crippen molar-refractivity contribution in [3.63, 3.8) is 0 Å². The Bertz CT molecular complexity index is 1480. The van der Waals surface area contributed by atoms with Crippen LogP contribution in [0, 0.1) is 6.92 Å². The number of benzene rings is 3. The highest BCUT2D eigenvalue weighted by atomic mass is 32.2. The van der Waals surface area contributed by atoms with Crippen molar-refractivity contribution in [2.24, 2.45) is 0 Å². The molecule has 0 fully saturated rings. The summed E-state index contributed by atoms with van der Waals surface area (Å²) in [5, 5.41) is 0.960. The van der Waals surface area contributed by atoms with Gasteiger partial charge in [-0.1, -0.05) is 84.1 Å². The van der Waals surface area contributed by atoms with E-state index in [0.29, 0.717) is 18.7 Å². The lowest BCUT2D eigenvalue weighted by Gasteiger charge is -2.17. The van der Waals surface area contributed by atoms with Gasteiger partial charge in [0.25, 0.3) is 5.91 Å². The van der Waals surface area contributed by atoms with Crippen LogP contribution in [-0.4, -0.2) is 32.4 Å². The molecule has 0 saturated heterocycles. The molecule has 0 aliphatic heterocycles. The topological polar surface area (TPSA) is 51.0 Å². The van der Waals surface area contributed by atoms with Crippen LogP contribution in [0.3, 0.4) is 0 Å². The van der Waals surface area contributed by atoms with E-state index in [2.05, 4.69) is 40.7 Å². The van der Waals surface area contributed by atoms with E-state index < -0.39 is 0 Å². The van der Waals surface area contributed by atoms with Crippen LogP contribution < -0.4 is 0 Å². The minimum Gasteiger partial charge on any atom is -0.337 e. The Morgan fingerprint density at radius 2 is 1.69 bits per heavy atom. The van der Waals surface area contributed by atoms with Crippen molar-refractivity contribution in [2.45, 2.75) is 30.9 Å². The Kier molecular flexibility index (Phi) is 7.14. The molecule has 3 aromatic carbocycles. The van der Waals surface area contributed by atoms with Crippen molar-refractivity contribution in [1.82, 2.24) is 19.4 Å². The maximum absolute atomic E-state index is 12.9. The van der Waals surface area contributed by atoms with E-state index in [1.165, 1.54) is 11.1 Å². The van der Waals surface area contributed by atoms with Crippen molar-refractivity contribution in [1.29, 1.82) is 0 Å². The van der Waals surface area contributed by atoms with Crippen molar-refractivity contribution >= 4 is 28.7 Å². The molecule has 0 aliphatic rings. The Morgan fingerprint density at radius 3 is 2.47 bits per heavy atom. The lowest BCUT2D eigenvalue weighted by atomic mass is 10.1. The van der Waals surface area contributed by atoms with Gasteiger partial charge in [0.2, 0.25) is 0 Å². The zero-order chi connectivity index (χ0) is 24.9. The van der Waals surface area contributed by atoms with Gasteiger partial charge in [-0.15, -0.1) is 0 Å². The molecule has 5 rings (SSSR count). The van der Waals surface area contributed by atoms with Crippen LogP contribution >= 0.6 is 11.8 Å². The summed E-state index contributed by atoms with van der Waals surface area (Å²) in [6, 6.07) is 28.4. The average Bonchev–Trinajstić information content (AvgIpc) is 3.25. The van der Waals surface area contributed by atoms with Gasteiger partial charge in [-0.05, 0) is 41.8 Å². The first-order chi connectivity index (χ1) is 17.6. The quantitative estimate of drug-likeness (QED) is 0.237. The van der Waals surface area contributed by atoms with E-state index >= 15 is 0 Å². The predicted molar refractivity (Wildman–Crippen MR) is 146 cm³/mol. The first-order valence-electron chi connectivity index (χ1n) is 11.9. The van der Waals surface area contributed by atoms with E-state index in [1.54, 1.807) is 22.9 Å². The third-order valence-corrected chi connectivity index (χ3v) is 7.16. The predicted octanol–water partition coefficient (Wildman–Crippen LogP) is 6.35. The number of carbonyl (C=O) groups excluding carboxylic acids is 1. The Morgan fingerprint density at radius 1 is 0.917 bits per heavy atom. The smallest absolute Gasteiger partial charge is 0.253 e. The van der Waals surface area contributed by atoms with E-state index in [0.717, 1.165) is 33.1 Å². The van der Waals surface area contributed by atoms with Crippen LogP contribution in [0.2, 0.25) is 0 Å². The fraction of sp³-hybridized carbons (Fsp3) is 0.167. The Hall–Kier alpha value is -3.90. The lowest BCUT2D eigenvalue weighted by Crippen LogP contribution is -2.26. The molecule has 0 atom stereocenters. The van der Waals surface area contributed by atoms with Crippen LogP contribution in [0.15, 0.2) is 102 Å². The van der Waals surface area contributed by atoms with Gasteiger partial charge < -0.3 is 9.47 Å². The summed E-state index contributed by atoms with van der Waals surface area (Å²) in [6.07, 6.45) is 3.65. The number of pyridine rings is 1. The minimum atomic E-state index is 0.0112. The average molecular weight is 493 g/mol. The number of imidazole rings is 1. The third kappa shape index (κ3) is 5.50. The van der Waals surface area contributed by atoms with Gasteiger partial charge in [0.15, 0.2) is 5.16 Å². The molecule has 0 N–H and O–H groups in total. The molecule has 5 nitrogen and oxygen atoms in total. The fourth-order valence-electron chi connectivity index (χ4n) is 4.25. The van der Waals surface area contributed by atoms with E-state index in [9.17, 15) is 4.79 Å². The standard InChI is InChI=1S/C30H28N4OS/c1-22-7-6-10-25(17-22)21-36-30-32-27-15-16-31-18-28(27)34(30)20-24-11-13-26(14-12-24)29(35)33(2)19-23-8-4-3-5-9-23/h3-18H,19-21H2,1-2H3. The van der Waals surface area contributed by atoms with Crippen LogP contribution in [0.5, 0.6) is 0 Å². The summed E-state index contributed by atoms with van der Waals surface area (Å²) in [4.78, 5) is 23.9. The monoisotopic (exact) mass is 492 g/mol. The molecule has 2 heterocycles. The van der Waals surface area contributed by atoms with E-state index in [-0.39, 0.29) is 5.91 Å². The molecule has 5 aromatic rings. The van der Waals surface area contributed by atoms with Crippen LogP contribution in [0.1, 0.15) is 32.6 Å². The minimum absolute atomic E-state index is 0.0112. The van der Waals surface area contributed by atoms with Crippen molar-refractivity contribution in [3.8, 4) is 0 Å². The second-order valence-electron chi connectivity index (χ2n) is 8.97. The van der Waals surface area contributed by atoms with Gasteiger partial charge in [0.05, 0.1) is 23.8 Å². The number of amides is 1. The summed E-state index contributed by atoms with van der Waals surface area (Å²) >= 11 is 1.73. The molecule has 0 bridgehead atoms. The molecule has 0 aliphatic carbocycles. The maximum Gasteiger partial charge on any atom is 0.253 e. The number of fused-ring (bicyclic) bond motifs is 1. The highest BCUT2D eigenvalue weighted by Crippen LogP contribution is 2.28. The van der Waals surface area contributed by atoms with Gasteiger partial charge >= 0.3 is 0 Å². The van der Waals surface area contributed by atoms with E-state index in [1.807, 2.05) is 73.9 Å². The summed E-state index contributed by atoms with van der Waals surface area (Å²) < 4.78 is 2.21. The van der Waals surface area contributed by atoms with Crippen LogP contribution in [0.4, 0.5) is 0 Å². The SMILES string of the molecule is Cc1cccc(CSc2nc3ccncc3n2Cc2ccc(C(=O)N(C)Cc3ccccc3)cc2)c1. The van der Waals surface area contributed by atoms with Crippen LogP contribution in [0.25, 0.3) is 11.0 Å². The summed E-state index contributed by atoms with van der Waals surface area (Å²) in [5.41, 5.74) is 7.38. The normalized spacial score (nSPS) is 11.1. The largest absolute Gasteiger partial charge is 0.337 e. The second-order valence-corrected chi connectivity index (χ2v) is 9.91. The van der Waals surface area contributed by atoms with Crippen molar-refractivity contribution < 1.29 is 4.79 Å². The van der Waals surface area contributed by atoms with Gasteiger partial charge in [-0.25, -0.2) is 4.98 Å². The fourth-order valence-corrected chi connectivity index (χ4v) is 5.20. The summed E-state index contributed by atoms with van der Waals surface area (Å²) in [6.45, 7) is 3.35. The highest BCUT2D eigenvalue weighted by molar-refractivity contribution is 7.98. The molecule has 0 saturated carbocycles. The Balaban J connectivity index is 1.33. The number of thioether (sulfide) groups is 1. The first-order valence-corrected chi connectivity index (χ1v) is 12.9. The number of hydrogen-bond donors (Lipinski definition) is 0. The maximum atomic E-state index is 12.9. The highest BCUT2D eigenvalue weighted by Gasteiger charge is 2.15. The molecule has 180 valence electrons. The Labute approximate surface area is 215 Å². The lowest BCUT2D eigenvalue weighted by molar-refractivity contribution is 0.0785. The zero-order valence-electron chi connectivity index (χ0n) is 20.5. The number of aryl methyl sites for hydroxylation is 1. The van der Waals surface area contributed by atoms with Gasteiger partial charge in [0.1, 0.15) is 0 Å². The zero-order valence-corrected chi connectivity index (χ0v) is 21.3. The van der Waals surface area contributed by atoms with Crippen molar-refractivity contribution in [3.05, 3.63) is 125 Å². The molecule has 0 radical (unpaired) electrons. The van der Waals surface area contributed by atoms with Gasteiger partial charge in [0, 0.05) is 31.1 Å². The number of rotatable bonds is 8. The van der Waals surface area contributed by atoms with E-state index in [4.69, 9.17) is 4.98 Å². The number of aromatic nitrogens is 3. The van der Waals surface area contributed by atoms with Crippen LogP contribution in [-0.2, 0) is 18.8 Å². The third-order valence-electron chi connectivity index (χ3n) is 6.12. The number of carbonyl (C=O) groups is 1. The molecular weight excluding hydrogens is 464 g/mol. The summed E-state index contributed by atoms with van der Waals surface area (Å²) in [5.74, 6) is 0.858. The van der Waals surface area contributed by atoms with Crippen molar-refractivity contribution in [2.75, 3.05) is 7.05 Å². The molecule has 36 heavy (non-hydrogen) atoms. The first kappa shape index (κ1) is 23.8. The molecule has 1 amide bonds. The molecule has 0 spiro atoms. The van der Waals surface area contributed by atoms with Gasteiger partial charge in [-0.3, -0.25) is 9.78 Å². The number of hydrogen-bond acceptors (Lipinski definition) is 4. The molecule has 2 aromatic heterocycles.